The highest BCUT2D eigenvalue weighted by atomic mass is 14.8. The SMILES string of the molecule is CCC(C)(N)c1c(C)[nH]c2ccccc12. The lowest BCUT2D eigenvalue weighted by Gasteiger charge is -2.23. The van der Waals surface area contributed by atoms with Crippen LogP contribution in [0, 0.1) is 6.92 Å². The Morgan fingerprint density at radius 2 is 2.00 bits per heavy atom. The second-order valence-electron chi connectivity index (χ2n) is 4.44. The van der Waals surface area contributed by atoms with Gasteiger partial charge in [0.25, 0.3) is 0 Å². The molecule has 0 aliphatic rings. The molecule has 0 aliphatic carbocycles. The standard InChI is InChI=1S/C13H18N2/c1-4-13(3,14)12-9(2)15-11-8-6-5-7-10(11)12/h5-8,15H,4,14H2,1-3H3. The van der Waals surface area contributed by atoms with E-state index in [2.05, 4.69) is 44.0 Å². The van der Waals surface area contributed by atoms with Gasteiger partial charge in [0.05, 0.1) is 0 Å². The Bertz CT molecular complexity index is 480. The fraction of sp³-hybridized carbons (Fsp3) is 0.385. The second kappa shape index (κ2) is 3.38. The van der Waals surface area contributed by atoms with Crippen molar-refractivity contribution in [2.75, 3.05) is 0 Å². The van der Waals surface area contributed by atoms with Crippen LogP contribution in [0.4, 0.5) is 0 Å². The molecule has 0 aliphatic heterocycles. The third kappa shape index (κ3) is 1.55. The molecule has 1 aromatic heterocycles. The molecule has 2 aromatic rings. The van der Waals surface area contributed by atoms with Crippen molar-refractivity contribution >= 4 is 10.9 Å². The van der Waals surface area contributed by atoms with Crippen molar-refractivity contribution in [3.8, 4) is 0 Å². The van der Waals surface area contributed by atoms with Crippen LogP contribution in [0.5, 0.6) is 0 Å². The van der Waals surface area contributed by atoms with Gasteiger partial charge in [0.2, 0.25) is 0 Å². The van der Waals surface area contributed by atoms with Gasteiger partial charge in [0.15, 0.2) is 0 Å². The van der Waals surface area contributed by atoms with Gasteiger partial charge in [-0.05, 0) is 31.9 Å². The molecule has 0 fully saturated rings. The number of H-pyrrole nitrogens is 1. The molecule has 0 amide bonds. The predicted molar refractivity (Wildman–Crippen MR) is 64.9 cm³/mol. The van der Waals surface area contributed by atoms with Gasteiger partial charge in [-0.3, -0.25) is 0 Å². The number of aryl methyl sites for hydroxylation is 1. The van der Waals surface area contributed by atoms with E-state index < -0.39 is 0 Å². The highest BCUT2D eigenvalue weighted by Crippen LogP contribution is 2.31. The minimum atomic E-state index is -0.246. The quantitative estimate of drug-likeness (QED) is 0.772. The van der Waals surface area contributed by atoms with Crippen molar-refractivity contribution in [2.45, 2.75) is 32.7 Å². The van der Waals surface area contributed by atoms with Crippen LogP contribution in [0.3, 0.4) is 0 Å². The number of fused-ring (bicyclic) bond motifs is 1. The van der Waals surface area contributed by atoms with E-state index >= 15 is 0 Å². The fourth-order valence-electron chi connectivity index (χ4n) is 2.19. The minimum absolute atomic E-state index is 0.246. The van der Waals surface area contributed by atoms with E-state index in [-0.39, 0.29) is 5.54 Å². The molecule has 0 saturated carbocycles. The molecule has 2 nitrogen and oxygen atoms in total. The van der Waals surface area contributed by atoms with Crippen LogP contribution < -0.4 is 5.73 Å². The molecule has 0 spiro atoms. The van der Waals surface area contributed by atoms with Gasteiger partial charge < -0.3 is 10.7 Å². The second-order valence-corrected chi connectivity index (χ2v) is 4.44. The number of hydrogen-bond donors (Lipinski definition) is 2. The molecular formula is C13H18N2. The van der Waals surface area contributed by atoms with E-state index in [1.165, 1.54) is 22.2 Å². The maximum atomic E-state index is 6.33. The smallest absolute Gasteiger partial charge is 0.0459 e. The maximum absolute atomic E-state index is 6.33. The van der Waals surface area contributed by atoms with Crippen LogP contribution in [0.25, 0.3) is 10.9 Å². The van der Waals surface area contributed by atoms with Crippen LogP contribution in [0.2, 0.25) is 0 Å². The summed E-state index contributed by atoms with van der Waals surface area (Å²) in [5.74, 6) is 0. The number of nitrogens with one attached hydrogen (secondary N) is 1. The fourth-order valence-corrected chi connectivity index (χ4v) is 2.19. The molecule has 15 heavy (non-hydrogen) atoms. The monoisotopic (exact) mass is 202 g/mol. The van der Waals surface area contributed by atoms with E-state index in [0.29, 0.717) is 0 Å². The van der Waals surface area contributed by atoms with Crippen LogP contribution >= 0.6 is 0 Å². The van der Waals surface area contributed by atoms with Gasteiger partial charge in [0.1, 0.15) is 0 Å². The van der Waals surface area contributed by atoms with Crippen molar-refractivity contribution in [2.24, 2.45) is 5.73 Å². The summed E-state index contributed by atoms with van der Waals surface area (Å²) in [6, 6.07) is 8.33. The van der Waals surface area contributed by atoms with Gasteiger partial charge in [-0.15, -0.1) is 0 Å². The first-order chi connectivity index (χ1) is 7.06. The zero-order chi connectivity index (χ0) is 11.1. The third-order valence-electron chi connectivity index (χ3n) is 3.20. The van der Waals surface area contributed by atoms with Crippen molar-refractivity contribution in [1.29, 1.82) is 0 Å². The largest absolute Gasteiger partial charge is 0.358 e. The molecule has 1 aromatic carbocycles. The molecule has 1 atom stereocenters. The summed E-state index contributed by atoms with van der Waals surface area (Å²) in [5.41, 5.74) is 9.69. The molecule has 2 heteroatoms. The zero-order valence-corrected chi connectivity index (χ0v) is 9.59. The Balaban J connectivity index is 2.74. The number of nitrogens with two attached hydrogens (primary N) is 1. The van der Waals surface area contributed by atoms with Crippen molar-refractivity contribution in [3.05, 3.63) is 35.5 Å². The maximum Gasteiger partial charge on any atom is 0.0459 e. The minimum Gasteiger partial charge on any atom is -0.358 e. The number of benzene rings is 1. The summed E-state index contributed by atoms with van der Waals surface area (Å²) in [6.07, 6.45) is 0.940. The van der Waals surface area contributed by atoms with E-state index in [0.717, 1.165) is 6.42 Å². The third-order valence-corrected chi connectivity index (χ3v) is 3.20. The lowest BCUT2D eigenvalue weighted by molar-refractivity contribution is 0.478. The van der Waals surface area contributed by atoms with E-state index in [1.54, 1.807) is 0 Å². The first kappa shape index (κ1) is 10.2. The molecule has 1 unspecified atom stereocenters. The van der Waals surface area contributed by atoms with E-state index in [4.69, 9.17) is 5.73 Å². The summed E-state index contributed by atoms with van der Waals surface area (Å²) in [7, 11) is 0. The Kier molecular flexibility index (Phi) is 2.31. The molecule has 80 valence electrons. The van der Waals surface area contributed by atoms with Gasteiger partial charge in [0, 0.05) is 22.1 Å². The number of hydrogen-bond acceptors (Lipinski definition) is 1. The molecule has 0 saturated heterocycles. The number of aromatic nitrogens is 1. The summed E-state index contributed by atoms with van der Waals surface area (Å²) in [5, 5.41) is 1.25. The van der Waals surface area contributed by atoms with Crippen molar-refractivity contribution in [1.82, 2.24) is 4.98 Å². The van der Waals surface area contributed by atoms with Crippen LogP contribution in [-0.2, 0) is 5.54 Å². The Morgan fingerprint density at radius 3 is 2.67 bits per heavy atom. The summed E-state index contributed by atoms with van der Waals surface area (Å²) >= 11 is 0. The summed E-state index contributed by atoms with van der Waals surface area (Å²) in [4.78, 5) is 3.39. The molecule has 3 N–H and O–H groups in total. The summed E-state index contributed by atoms with van der Waals surface area (Å²) in [6.45, 7) is 6.31. The number of aromatic amines is 1. The normalized spacial score (nSPS) is 15.5. The molecule has 1 heterocycles. The van der Waals surface area contributed by atoms with E-state index in [1.807, 2.05) is 6.07 Å². The zero-order valence-electron chi connectivity index (χ0n) is 9.59. The average molecular weight is 202 g/mol. The predicted octanol–water partition coefficient (Wildman–Crippen LogP) is 3.06. The van der Waals surface area contributed by atoms with E-state index in [9.17, 15) is 0 Å². The molecule has 0 radical (unpaired) electrons. The van der Waals surface area contributed by atoms with Gasteiger partial charge in [-0.1, -0.05) is 25.1 Å². The van der Waals surface area contributed by atoms with Gasteiger partial charge >= 0.3 is 0 Å². The molecular weight excluding hydrogens is 184 g/mol. The van der Waals surface area contributed by atoms with Crippen LogP contribution in [0.15, 0.2) is 24.3 Å². The Morgan fingerprint density at radius 1 is 1.33 bits per heavy atom. The lowest BCUT2D eigenvalue weighted by atomic mass is 9.88. The molecule has 0 bridgehead atoms. The molecule has 2 rings (SSSR count). The number of rotatable bonds is 2. The van der Waals surface area contributed by atoms with Crippen molar-refractivity contribution in [3.63, 3.8) is 0 Å². The first-order valence-electron chi connectivity index (χ1n) is 5.43. The van der Waals surface area contributed by atoms with Crippen molar-refractivity contribution < 1.29 is 0 Å². The lowest BCUT2D eigenvalue weighted by Crippen LogP contribution is -2.32. The Labute approximate surface area is 90.5 Å². The van der Waals surface area contributed by atoms with Crippen LogP contribution in [-0.4, -0.2) is 4.98 Å². The number of para-hydroxylation sites is 1. The highest BCUT2D eigenvalue weighted by molar-refractivity contribution is 5.85. The summed E-state index contributed by atoms with van der Waals surface area (Å²) < 4.78 is 0. The topological polar surface area (TPSA) is 41.8 Å². The Hall–Kier alpha value is -1.28. The first-order valence-corrected chi connectivity index (χ1v) is 5.43. The van der Waals surface area contributed by atoms with Crippen LogP contribution in [0.1, 0.15) is 31.5 Å². The highest BCUT2D eigenvalue weighted by Gasteiger charge is 2.24. The van der Waals surface area contributed by atoms with Gasteiger partial charge in [-0.2, -0.15) is 0 Å². The average Bonchev–Trinajstić information content (AvgIpc) is 2.54. The van der Waals surface area contributed by atoms with Gasteiger partial charge in [-0.25, -0.2) is 0 Å².